The second-order valence-electron chi connectivity index (χ2n) is 6.99. The van der Waals surface area contributed by atoms with Crippen molar-refractivity contribution in [1.29, 1.82) is 0 Å². The van der Waals surface area contributed by atoms with Crippen molar-refractivity contribution in [2.75, 3.05) is 27.9 Å². The molecule has 1 atom stereocenters. The highest BCUT2D eigenvalue weighted by Gasteiger charge is 2.31. The maximum absolute atomic E-state index is 13.0. The van der Waals surface area contributed by atoms with Crippen molar-refractivity contribution in [3.63, 3.8) is 0 Å². The Morgan fingerprint density at radius 3 is 2.57 bits per heavy atom. The minimum atomic E-state index is -0.0337. The summed E-state index contributed by atoms with van der Waals surface area (Å²) < 4.78 is 17.3. The molecule has 6 nitrogen and oxygen atoms in total. The van der Waals surface area contributed by atoms with Gasteiger partial charge in [-0.15, -0.1) is 11.3 Å². The maximum atomic E-state index is 13.0. The summed E-state index contributed by atoms with van der Waals surface area (Å²) in [5, 5.41) is 0.999. The van der Waals surface area contributed by atoms with E-state index in [2.05, 4.69) is 6.07 Å². The van der Waals surface area contributed by atoms with Crippen LogP contribution in [0, 0.1) is 0 Å². The number of hydrogen-bond donors (Lipinski definition) is 0. The molecule has 0 radical (unpaired) electrons. The normalized spacial score (nSPS) is 16.4. The van der Waals surface area contributed by atoms with Crippen LogP contribution in [0.5, 0.6) is 17.2 Å². The molecule has 0 bridgehead atoms. The first-order valence-corrected chi connectivity index (χ1v) is 10.6. The van der Waals surface area contributed by atoms with Gasteiger partial charge in [-0.1, -0.05) is 12.1 Å². The van der Waals surface area contributed by atoms with Gasteiger partial charge in [0.05, 0.1) is 37.6 Å². The van der Waals surface area contributed by atoms with Gasteiger partial charge in [0.25, 0.3) is 0 Å². The number of para-hydroxylation sites is 1. The molecule has 3 aromatic rings. The van der Waals surface area contributed by atoms with Gasteiger partial charge in [0.2, 0.25) is 5.91 Å². The predicted octanol–water partition coefficient (Wildman–Crippen LogP) is 4.70. The third-order valence-electron chi connectivity index (χ3n) is 5.27. The number of fused-ring (bicyclic) bond motifs is 1. The smallest absolute Gasteiger partial charge is 0.247 e. The third kappa shape index (κ3) is 3.85. The zero-order valence-electron chi connectivity index (χ0n) is 17.3. The van der Waals surface area contributed by atoms with Gasteiger partial charge >= 0.3 is 0 Å². The van der Waals surface area contributed by atoms with E-state index in [1.165, 1.54) is 0 Å². The van der Waals surface area contributed by atoms with E-state index in [9.17, 15) is 4.79 Å². The summed E-state index contributed by atoms with van der Waals surface area (Å²) in [6.45, 7) is 0.729. The van der Waals surface area contributed by atoms with Crippen LogP contribution in [0.2, 0.25) is 0 Å². The fourth-order valence-corrected chi connectivity index (χ4v) is 4.87. The van der Waals surface area contributed by atoms with Gasteiger partial charge in [-0.3, -0.25) is 4.79 Å². The Labute approximate surface area is 179 Å². The van der Waals surface area contributed by atoms with Crippen molar-refractivity contribution in [2.24, 2.45) is 0 Å². The predicted molar refractivity (Wildman–Crippen MR) is 118 cm³/mol. The van der Waals surface area contributed by atoms with Crippen LogP contribution in [0.1, 0.15) is 29.5 Å². The second kappa shape index (κ2) is 8.75. The lowest BCUT2D eigenvalue weighted by molar-refractivity contribution is -0.126. The topological polar surface area (TPSA) is 60.9 Å². The molecule has 1 aliphatic heterocycles. The largest absolute Gasteiger partial charge is 0.496 e. The number of amides is 1. The van der Waals surface area contributed by atoms with Crippen LogP contribution < -0.4 is 14.2 Å². The summed E-state index contributed by atoms with van der Waals surface area (Å²) in [6, 6.07) is 11.7. The van der Waals surface area contributed by atoms with E-state index < -0.39 is 0 Å². The molecule has 1 unspecified atom stereocenters. The first kappa shape index (κ1) is 20.2. The quantitative estimate of drug-likeness (QED) is 0.537. The number of likely N-dealkylation sites (tertiary alicyclic amines) is 1. The number of aromatic nitrogens is 1. The Kier molecular flexibility index (Phi) is 5.90. The summed E-state index contributed by atoms with van der Waals surface area (Å²) in [6.07, 6.45) is 5.26. The Hall–Kier alpha value is -3.06. The lowest BCUT2D eigenvalue weighted by Gasteiger charge is -2.21. The number of carbonyl (C=O) groups is 1. The molecule has 1 amide bonds. The minimum absolute atomic E-state index is 0.0202. The van der Waals surface area contributed by atoms with Gasteiger partial charge in [-0.05, 0) is 37.1 Å². The van der Waals surface area contributed by atoms with Crippen LogP contribution in [-0.2, 0) is 4.79 Å². The van der Waals surface area contributed by atoms with Crippen molar-refractivity contribution in [1.82, 2.24) is 9.88 Å². The highest BCUT2D eigenvalue weighted by atomic mass is 32.1. The van der Waals surface area contributed by atoms with Crippen LogP contribution in [0.25, 0.3) is 16.3 Å². The summed E-state index contributed by atoms with van der Waals surface area (Å²) in [5.41, 5.74) is 1.74. The van der Waals surface area contributed by atoms with Crippen molar-refractivity contribution in [3.8, 4) is 17.2 Å². The van der Waals surface area contributed by atoms with E-state index in [0.717, 1.165) is 40.2 Å². The number of rotatable bonds is 6. The lowest BCUT2D eigenvalue weighted by Crippen LogP contribution is -2.28. The van der Waals surface area contributed by atoms with E-state index in [1.54, 1.807) is 57.0 Å². The zero-order valence-corrected chi connectivity index (χ0v) is 18.1. The second-order valence-corrected chi connectivity index (χ2v) is 8.05. The van der Waals surface area contributed by atoms with Crippen LogP contribution in [0.3, 0.4) is 0 Å². The van der Waals surface area contributed by atoms with Crippen molar-refractivity contribution < 1.29 is 19.0 Å². The van der Waals surface area contributed by atoms with Gasteiger partial charge in [0, 0.05) is 24.3 Å². The monoisotopic (exact) mass is 424 g/mol. The SMILES string of the molecule is COc1cc(OC)c(OC)cc1C=CC(=O)N1CCCC1c1nc2ccccc2s1. The number of nitrogens with zero attached hydrogens (tertiary/aromatic N) is 2. The highest BCUT2D eigenvalue weighted by Crippen LogP contribution is 2.37. The molecule has 2 heterocycles. The van der Waals surface area contributed by atoms with E-state index in [4.69, 9.17) is 19.2 Å². The molecule has 2 aromatic carbocycles. The summed E-state index contributed by atoms with van der Waals surface area (Å²) in [4.78, 5) is 19.7. The van der Waals surface area contributed by atoms with Crippen molar-refractivity contribution in [2.45, 2.75) is 18.9 Å². The third-order valence-corrected chi connectivity index (χ3v) is 6.41. The summed E-state index contributed by atoms with van der Waals surface area (Å²) in [5.74, 6) is 1.74. The van der Waals surface area contributed by atoms with Crippen molar-refractivity contribution in [3.05, 3.63) is 53.0 Å². The van der Waals surface area contributed by atoms with Gasteiger partial charge in [0.15, 0.2) is 11.5 Å². The molecular formula is C23H24N2O4S. The molecule has 0 saturated carbocycles. The average Bonchev–Trinajstić information content (AvgIpc) is 3.43. The van der Waals surface area contributed by atoms with Gasteiger partial charge in [-0.2, -0.15) is 0 Å². The van der Waals surface area contributed by atoms with Crippen LogP contribution in [-0.4, -0.2) is 43.7 Å². The fraction of sp³-hybridized carbons (Fsp3) is 0.304. The molecule has 30 heavy (non-hydrogen) atoms. The first-order valence-electron chi connectivity index (χ1n) is 9.78. The standard InChI is InChI=1S/C23H24N2O4S/c1-27-18-14-20(29-3)19(28-2)13-15(18)10-11-22(26)25-12-6-8-17(25)23-24-16-7-4-5-9-21(16)30-23/h4-5,7,9-11,13-14,17H,6,8,12H2,1-3H3. The molecule has 7 heteroatoms. The van der Waals surface area contributed by atoms with Crippen molar-refractivity contribution >= 4 is 33.5 Å². The molecule has 156 valence electrons. The summed E-state index contributed by atoms with van der Waals surface area (Å²) in [7, 11) is 4.74. The van der Waals surface area contributed by atoms with Gasteiger partial charge < -0.3 is 19.1 Å². The Bertz CT molecular complexity index is 1060. The zero-order chi connectivity index (χ0) is 21.1. The maximum Gasteiger partial charge on any atom is 0.247 e. The Morgan fingerprint density at radius 1 is 1.10 bits per heavy atom. The molecule has 4 rings (SSSR count). The molecular weight excluding hydrogens is 400 g/mol. The fourth-order valence-electron chi connectivity index (χ4n) is 3.76. The highest BCUT2D eigenvalue weighted by molar-refractivity contribution is 7.18. The Morgan fingerprint density at radius 2 is 1.83 bits per heavy atom. The molecule has 1 aliphatic rings. The van der Waals surface area contributed by atoms with Gasteiger partial charge in [-0.25, -0.2) is 4.98 Å². The minimum Gasteiger partial charge on any atom is -0.496 e. The summed E-state index contributed by atoms with van der Waals surface area (Å²) >= 11 is 1.67. The Balaban J connectivity index is 1.57. The van der Waals surface area contributed by atoms with Crippen LogP contribution >= 0.6 is 11.3 Å². The molecule has 1 fully saturated rings. The van der Waals surface area contributed by atoms with Gasteiger partial charge in [0.1, 0.15) is 10.8 Å². The average molecular weight is 425 g/mol. The number of ether oxygens (including phenoxy) is 3. The number of methoxy groups -OCH3 is 3. The molecule has 0 N–H and O–H groups in total. The number of thiazole rings is 1. The van der Waals surface area contributed by atoms with Crippen LogP contribution in [0.15, 0.2) is 42.5 Å². The number of benzene rings is 2. The number of carbonyl (C=O) groups excluding carboxylic acids is 1. The molecule has 1 aromatic heterocycles. The van der Waals surface area contributed by atoms with E-state index in [1.807, 2.05) is 23.1 Å². The molecule has 1 saturated heterocycles. The van der Waals surface area contributed by atoms with Crippen LogP contribution in [0.4, 0.5) is 0 Å². The molecule has 0 aliphatic carbocycles. The van der Waals surface area contributed by atoms with E-state index in [0.29, 0.717) is 17.2 Å². The molecule has 0 spiro atoms. The number of hydrogen-bond acceptors (Lipinski definition) is 6. The van der Waals surface area contributed by atoms with E-state index >= 15 is 0 Å². The van der Waals surface area contributed by atoms with E-state index in [-0.39, 0.29) is 11.9 Å². The lowest BCUT2D eigenvalue weighted by atomic mass is 10.1. The first-order chi connectivity index (χ1) is 14.6.